The molecule has 0 saturated carbocycles. The minimum absolute atomic E-state index is 0.0255. The molecule has 4 aliphatic heterocycles. The first-order valence-electron chi connectivity index (χ1n) is 17.9. The van der Waals surface area contributed by atoms with E-state index in [-0.39, 0.29) is 29.4 Å². The Hall–Kier alpha value is -6.54. The number of hydrazine groups is 1. The number of nitrogens with one attached hydrogen (secondary N) is 1. The number of thioether (sulfide) groups is 1. The third kappa shape index (κ3) is 7.89. The van der Waals surface area contributed by atoms with Crippen LogP contribution in [0.25, 0.3) is 0 Å². The SMILES string of the molecule is O=C(O)C1C=NN2C1=NC(c1ccccn1)CC2Sc1ccccc1.O=C1NN2C(=NC(c3ccccn3)CC2c2ccccc2)C1N=Nc1ccccc1. The Morgan fingerprint density at radius 2 is 1.35 bits per heavy atom. The lowest BCUT2D eigenvalue weighted by Crippen LogP contribution is -2.42. The number of amides is 1. The number of carboxylic acids is 1. The third-order valence-corrected chi connectivity index (χ3v) is 10.6. The number of aromatic nitrogens is 2. The van der Waals surface area contributed by atoms with Gasteiger partial charge >= 0.3 is 5.97 Å². The number of hydrazone groups is 1. The van der Waals surface area contributed by atoms with Crippen LogP contribution in [0.4, 0.5) is 5.69 Å². The first kappa shape index (κ1) is 35.5. The average molecular weight is 749 g/mol. The number of hydrogen-bond donors (Lipinski definition) is 2. The van der Waals surface area contributed by atoms with E-state index in [9.17, 15) is 14.7 Å². The number of nitrogens with zero attached hydrogens (tertiary/aromatic N) is 9. The number of benzene rings is 3. The average Bonchev–Trinajstić information content (AvgIpc) is 3.82. The Balaban J connectivity index is 0.000000158. The van der Waals surface area contributed by atoms with Gasteiger partial charge in [-0.1, -0.05) is 90.6 Å². The fourth-order valence-electron chi connectivity index (χ4n) is 6.79. The second-order valence-electron chi connectivity index (χ2n) is 13.0. The van der Waals surface area contributed by atoms with Crippen LogP contribution in [0.2, 0.25) is 0 Å². The van der Waals surface area contributed by atoms with Gasteiger partial charge in [0.25, 0.3) is 5.91 Å². The van der Waals surface area contributed by atoms with Crippen LogP contribution in [0.5, 0.6) is 0 Å². The molecule has 6 unspecified atom stereocenters. The molecule has 1 amide bonds. The molecule has 0 bridgehead atoms. The molecule has 14 heteroatoms. The summed E-state index contributed by atoms with van der Waals surface area (Å²) in [5.41, 5.74) is 6.48. The molecule has 2 aromatic heterocycles. The van der Waals surface area contributed by atoms with E-state index >= 15 is 0 Å². The summed E-state index contributed by atoms with van der Waals surface area (Å²) >= 11 is 1.66. The highest BCUT2D eigenvalue weighted by atomic mass is 32.2. The number of carboxylic acid groups (broad SMARTS) is 1. The van der Waals surface area contributed by atoms with Crippen molar-refractivity contribution in [1.29, 1.82) is 0 Å². The Morgan fingerprint density at radius 3 is 1.98 bits per heavy atom. The molecule has 55 heavy (non-hydrogen) atoms. The van der Waals surface area contributed by atoms with Crippen LogP contribution in [0.15, 0.2) is 170 Å². The highest BCUT2D eigenvalue weighted by Crippen LogP contribution is 2.41. The number of rotatable bonds is 8. The van der Waals surface area contributed by atoms with Crippen molar-refractivity contribution in [2.24, 2.45) is 31.2 Å². The molecular weight excluding hydrogens is 713 g/mol. The number of pyridine rings is 2. The summed E-state index contributed by atoms with van der Waals surface area (Å²) in [6.07, 6.45) is 6.38. The summed E-state index contributed by atoms with van der Waals surface area (Å²) in [5.74, 6) is -0.894. The maximum absolute atomic E-state index is 12.8. The topological polar surface area (TPSA) is 160 Å². The zero-order valence-electron chi connectivity index (χ0n) is 29.4. The number of carbonyl (C=O) groups is 2. The van der Waals surface area contributed by atoms with E-state index in [0.29, 0.717) is 30.2 Å². The van der Waals surface area contributed by atoms with E-state index < -0.39 is 17.9 Å². The largest absolute Gasteiger partial charge is 0.480 e. The number of hydrogen-bond acceptors (Lipinski definition) is 12. The lowest BCUT2D eigenvalue weighted by Gasteiger charge is -2.35. The highest BCUT2D eigenvalue weighted by molar-refractivity contribution is 7.99. The summed E-state index contributed by atoms with van der Waals surface area (Å²) in [6, 6.07) is 39.9. The Morgan fingerprint density at radius 1 is 0.745 bits per heavy atom. The van der Waals surface area contributed by atoms with Crippen molar-refractivity contribution in [1.82, 2.24) is 25.4 Å². The number of carbonyl (C=O) groups excluding carboxylic acids is 1. The third-order valence-electron chi connectivity index (χ3n) is 9.42. The van der Waals surface area contributed by atoms with Gasteiger partial charge in [-0.25, -0.2) is 5.01 Å². The van der Waals surface area contributed by atoms with E-state index in [0.717, 1.165) is 21.8 Å². The quantitative estimate of drug-likeness (QED) is 0.158. The lowest BCUT2D eigenvalue weighted by atomic mass is 9.95. The number of aliphatic imine (C=N–C) groups is 2. The van der Waals surface area contributed by atoms with Gasteiger partial charge in [0.2, 0.25) is 6.04 Å². The van der Waals surface area contributed by atoms with Gasteiger partial charge in [-0.2, -0.15) is 15.3 Å². The summed E-state index contributed by atoms with van der Waals surface area (Å²) in [6.45, 7) is 0. The van der Waals surface area contributed by atoms with E-state index in [1.807, 2.05) is 120 Å². The summed E-state index contributed by atoms with van der Waals surface area (Å²) < 4.78 is 0. The number of azo groups is 1. The maximum atomic E-state index is 12.8. The normalized spacial score (nSPS) is 23.9. The van der Waals surface area contributed by atoms with Crippen molar-refractivity contribution < 1.29 is 14.7 Å². The van der Waals surface area contributed by atoms with E-state index in [1.54, 1.807) is 29.2 Å². The van der Waals surface area contributed by atoms with Gasteiger partial charge < -0.3 is 5.11 Å². The minimum atomic E-state index is -0.935. The number of amidine groups is 2. The van der Waals surface area contributed by atoms with Crippen LogP contribution in [0.3, 0.4) is 0 Å². The number of aliphatic carboxylic acids is 1. The van der Waals surface area contributed by atoms with E-state index in [2.05, 4.69) is 47.8 Å². The zero-order valence-corrected chi connectivity index (χ0v) is 30.2. The molecule has 6 atom stereocenters. The van der Waals surface area contributed by atoms with Gasteiger partial charge in [0.1, 0.15) is 11.2 Å². The predicted octanol–water partition coefficient (Wildman–Crippen LogP) is 7.21. The fraction of sp³-hybridized carbons (Fsp3) is 0.195. The fourth-order valence-corrected chi connectivity index (χ4v) is 7.96. The van der Waals surface area contributed by atoms with Crippen LogP contribution in [-0.4, -0.2) is 66.3 Å². The summed E-state index contributed by atoms with van der Waals surface area (Å²) in [5, 5.41) is 25.9. The van der Waals surface area contributed by atoms with E-state index in [4.69, 9.17) is 4.99 Å². The van der Waals surface area contributed by atoms with Crippen molar-refractivity contribution >= 4 is 47.2 Å². The standard InChI is InChI=1S/C23H20N6O.C18H16N4O2S/c30-23-21(27-26-17-11-5-2-6-12-17)22-25-19(18-13-7-8-14-24-18)15-20(29(22)28-23)16-9-3-1-4-10-16;23-18(24)13-11-20-22-16(25-12-6-2-1-3-7-12)10-15(21-17(13)22)14-8-4-5-9-19-14/h1-14,19-21H,15H2,(H,28,30);1-9,11,13,15-16H,10H2,(H,23,24). The first-order chi connectivity index (χ1) is 27.0. The molecule has 1 saturated heterocycles. The van der Waals surface area contributed by atoms with Crippen LogP contribution < -0.4 is 5.43 Å². The monoisotopic (exact) mass is 748 g/mol. The summed E-state index contributed by atoms with van der Waals surface area (Å²) in [7, 11) is 0. The van der Waals surface area contributed by atoms with Crippen molar-refractivity contribution in [2.45, 2.75) is 47.3 Å². The van der Waals surface area contributed by atoms with Gasteiger partial charge in [0.05, 0.1) is 35.2 Å². The van der Waals surface area contributed by atoms with Crippen LogP contribution in [0, 0.1) is 5.92 Å². The molecule has 0 aliphatic carbocycles. The van der Waals surface area contributed by atoms with Crippen molar-refractivity contribution in [2.75, 3.05) is 0 Å². The molecule has 0 radical (unpaired) electrons. The molecule has 4 aliphatic rings. The molecular formula is C41H36N10O3S. The van der Waals surface area contributed by atoms with E-state index in [1.165, 1.54) is 6.21 Å². The van der Waals surface area contributed by atoms with Crippen LogP contribution >= 0.6 is 11.8 Å². The smallest absolute Gasteiger partial charge is 0.319 e. The van der Waals surface area contributed by atoms with Crippen LogP contribution in [0.1, 0.15) is 47.9 Å². The lowest BCUT2D eigenvalue weighted by molar-refractivity contribution is -0.137. The highest BCUT2D eigenvalue weighted by Gasteiger charge is 2.46. The zero-order chi connectivity index (χ0) is 37.6. The molecule has 1 fully saturated rings. The van der Waals surface area contributed by atoms with Crippen LogP contribution in [-0.2, 0) is 9.59 Å². The molecule has 0 spiro atoms. The van der Waals surface area contributed by atoms with Gasteiger partial charge in [-0.05, 0) is 54.1 Å². The molecule has 3 aromatic carbocycles. The molecule has 5 aromatic rings. The molecule has 2 N–H and O–H groups in total. The van der Waals surface area contributed by atoms with Gasteiger partial charge in [-0.3, -0.25) is 40.0 Å². The van der Waals surface area contributed by atoms with Crippen molar-refractivity contribution in [3.8, 4) is 0 Å². The second kappa shape index (κ2) is 16.2. The van der Waals surface area contributed by atoms with Gasteiger partial charge in [0.15, 0.2) is 11.8 Å². The number of fused-ring (bicyclic) bond motifs is 2. The van der Waals surface area contributed by atoms with Gasteiger partial charge in [-0.15, -0.1) is 0 Å². The van der Waals surface area contributed by atoms with Crippen molar-refractivity contribution in [3.05, 3.63) is 157 Å². The summed E-state index contributed by atoms with van der Waals surface area (Å²) in [4.78, 5) is 43.9. The van der Waals surface area contributed by atoms with Gasteiger partial charge in [0, 0.05) is 36.3 Å². The Labute approximate surface area is 321 Å². The molecule has 13 nitrogen and oxygen atoms in total. The predicted molar refractivity (Wildman–Crippen MR) is 210 cm³/mol. The first-order valence-corrected chi connectivity index (χ1v) is 18.8. The second-order valence-corrected chi connectivity index (χ2v) is 14.3. The maximum Gasteiger partial charge on any atom is 0.319 e. The Bertz CT molecular complexity index is 2230. The minimum Gasteiger partial charge on any atom is -0.480 e. The molecule has 274 valence electrons. The molecule has 6 heterocycles. The van der Waals surface area contributed by atoms with Crippen molar-refractivity contribution in [3.63, 3.8) is 0 Å². The Kier molecular flexibility index (Phi) is 10.5. The molecule has 9 rings (SSSR count).